The van der Waals surface area contributed by atoms with Crippen molar-refractivity contribution in [1.82, 2.24) is 0 Å². The molecule has 32 heavy (non-hydrogen) atoms. The molecule has 0 spiro atoms. The molecule has 4 nitrogen and oxygen atoms in total. The Balaban J connectivity index is 2.79. The number of carboxylic acids is 1. The van der Waals surface area contributed by atoms with E-state index in [2.05, 4.69) is 59.5 Å². The van der Waals surface area contributed by atoms with Gasteiger partial charge in [-0.2, -0.15) is 0 Å². The molecule has 2 N–H and O–H groups in total. The van der Waals surface area contributed by atoms with Crippen LogP contribution in [0.5, 0.6) is 0 Å². The van der Waals surface area contributed by atoms with Crippen LogP contribution in [0.25, 0.3) is 0 Å². The van der Waals surface area contributed by atoms with E-state index in [0.717, 1.165) is 38.5 Å². The van der Waals surface area contributed by atoms with Gasteiger partial charge in [0.05, 0.1) is 18.1 Å². The first-order chi connectivity index (χ1) is 14.8. The molecule has 0 aromatic rings. The van der Waals surface area contributed by atoms with E-state index < -0.39 is 14.3 Å². The molecule has 1 aliphatic rings. The first-order valence-electron chi connectivity index (χ1n) is 12.5. The van der Waals surface area contributed by atoms with Gasteiger partial charge in [0.25, 0.3) is 0 Å². The Morgan fingerprint density at radius 3 is 2.50 bits per heavy atom. The van der Waals surface area contributed by atoms with Crippen molar-refractivity contribution >= 4 is 14.3 Å². The standard InChI is InChI=1S/C27H48O4Si/c1-8-9-14-20-27(5,31-32(6,7)26(2,3)4)21-19-22-17-18-24(28)23(22)15-12-10-11-13-16-25(29)30/h10,13,17,23-24,28H,8-9,12,14-16,18-21H2,1-7H3,(H,29,30)/t11?,23-,24+,27+/m1/s1. The van der Waals surface area contributed by atoms with Crippen molar-refractivity contribution in [2.24, 2.45) is 5.92 Å². The Bertz CT molecular complexity index is 682. The lowest BCUT2D eigenvalue weighted by Gasteiger charge is -2.45. The first kappa shape index (κ1) is 28.9. The van der Waals surface area contributed by atoms with Crippen LogP contribution in [0.3, 0.4) is 0 Å². The molecule has 0 saturated carbocycles. The van der Waals surface area contributed by atoms with E-state index in [1.807, 2.05) is 6.08 Å². The van der Waals surface area contributed by atoms with Crippen LogP contribution in [-0.2, 0) is 9.22 Å². The zero-order valence-electron chi connectivity index (χ0n) is 21.7. The fraction of sp³-hybridized carbons (Fsp3) is 0.778. The van der Waals surface area contributed by atoms with Crippen molar-refractivity contribution in [2.75, 3.05) is 0 Å². The van der Waals surface area contributed by atoms with Gasteiger partial charge in [-0.05, 0) is 75.7 Å². The van der Waals surface area contributed by atoms with Gasteiger partial charge in [0, 0.05) is 5.92 Å². The number of aliphatic hydroxyl groups excluding tert-OH is 1. The van der Waals surface area contributed by atoms with Crippen LogP contribution in [0.15, 0.2) is 29.5 Å². The monoisotopic (exact) mass is 464 g/mol. The van der Waals surface area contributed by atoms with Gasteiger partial charge >= 0.3 is 5.97 Å². The maximum Gasteiger partial charge on any atom is 0.307 e. The Morgan fingerprint density at radius 2 is 1.91 bits per heavy atom. The van der Waals surface area contributed by atoms with Gasteiger partial charge in [-0.25, -0.2) is 0 Å². The summed E-state index contributed by atoms with van der Waals surface area (Å²) >= 11 is 0. The minimum atomic E-state index is -1.88. The fourth-order valence-electron chi connectivity index (χ4n) is 4.23. The molecule has 0 aromatic heterocycles. The lowest BCUT2D eigenvalue weighted by molar-refractivity contribution is -0.136. The molecule has 0 aromatic carbocycles. The summed E-state index contributed by atoms with van der Waals surface area (Å²) in [5.41, 5.74) is 4.18. The van der Waals surface area contributed by atoms with Gasteiger partial charge in [0.2, 0.25) is 0 Å². The fourth-order valence-corrected chi connectivity index (χ4v) is 5.97. The minimum absolute atomic E-state index is 0.00144. The number of hydrogen-bond donors (Lipinski definition) is 2. The molecule has 0 fully saturated rings. The summed E-state index contributed by atoms with van der Waals surface area (Å²) < 4.78 is 6.98. The van der Waals surface area contributed by atoms with E-state index in [9.17, 15) is 9.90 Å². The highest BCUT2D eigenvalue weighted by molar-refractivity contribution is 6.74. The maximum absolute atomic E-state index is 10.6. The molecule has 0 heterocycles. The lowest BCUT2D eigenvalue weighted by atomic mass is 9.86. The Labute approximate surface area is 198 Å². The topological polar surface area (TPSA) is 66.8 Å². The van der Waals surface area contributed by atoms with Gasteiger partial charge in [-0.15, -0.1) is 5.73 Å². The third-order valence-electron chi connectivity index (χ3n) is 7.26. The highest BCUT2D eigenvalue weighted by Gasteiger charge is 2.43. The third-order valence-corrected chi connectivity index (χ3v) is 11.9. The SMILES string of the molecule is CCCCC[C@@](C)(CCC1=CC[C@H](O)[C@@H]1CCC=C=CCC(=O)O)O[Si](C)(C)C(C)(C)C. The Hall–Kier alpha value is -1.13. The molecular weight excluding hydrogens is 416 g/mol. The lowest BCUT2D eigenvalue weighted by Crippen LogP contribution is -2.48. The summed E-state index contributed by atoms with van der Waals surface area (Å²) in [6, 6.07) is 0. The number of unbranched alkanes of at least 4 members (excludes halogenated alkanes) is 2. The molecule has 1 aliphatic carbocycles. The van der Waals surface area contributed by atoms with E-state index in [4.69, 9.17) is 9.53 Å². The van der Waals surface area contributed by atoms with Crippen LogP contribution in [0.1, 0.15) is 98.8 Å². The quantitative estimate of drug-likeness (QED) is 0.122. The zero-order valence-corrected chi connectivity index (χ0v) is 22.7. The predicted molar refractivity (Wildman–Crippen MR) is 136 cm³/mol. The highest BCUT2D eigenvalue weighted by Crippen LogP contribution is 2.43. The minimum Gasteiger partial charge on any atom is -0.481 e. The second-order valence-electron chi connectivity index (χ2n) is 11.2. The molecule has 1 rings (SSSR count). The number of aliphatic carboxylic acids is 1. The average Bonchev–Trinajstić information content (AvgIpc) is 3.01. The van der Waals surface area contributed by atoms with E-state index in [1.165, 1.54) is 24.8 Å². The predicted octanol–water partition coefficient (Wildman–Crippen LogP) is 7.40. The van der Waals surface area contributed by atoms with Crippen molar-refractivity contribution in [3.8, 4) is 0 Å². The first-order valence-corrected chi connectivity index (χ1v) is 15.4. The average molecular weight is 465 g/mol. The Kier molecular flexibility index (Phi) is 11.7. The number of hydrogen-bond acceptors (Lipinski definition) is 3. The highest BCUT2D eigenvalue weighted by atomic mass is 28.4. The second kappa shape index (κ2) is 12.9. The van der Waals surface area contributed by atoms with E-state index in [0.29, 0.717) is 0 Å². The second-order valence-corrected chi connectivity index (χ2v) is 15.9. The van der Waals surface area contributed by atoms with Crippen LogP contribution >= 0.6 is 0 Å². The normalized spacial score (nSPS) is 20.9. The number of rotatable bonds is 14. The molecular formula is C27H48O4Si. The van der Waals surface area contributed by atoms with Crippen molar-refractivity contribution in [3.63, 3.8) is 0 Å². The number of carbonyl (C=O) groups is 1. The summed E-state index contributed by atoms with van der Waals surface area (Å²) in [4.78, 5) is 10.6. The van der Waals surface area contributed by atoms with Crippen LogP contribution < -0.4 is 0 Å². The van der Waals surface area contributed by atoms with Crippen molar-refractivity contribution in [2.45, 2.75) is 129 Å². The van der Waals surface area contributed by atoms with E-state index >= 15 is 0 Å². The molecule has 184 valence electrons. The summed E-state index contributed by atoms with van der Waals surface area (Å²) in [5, 5.41) is 19.4. The van der Waals surface area contributed by atoms with E-state index in [1.54, 1.807) is 6.08 Å². The molecule has 0 bridgehead atoms. The Morgan fingerprint density at radius 1 is 1.22 bits per heavy atom. The van der Waals surface area contributed by atoms with Gasteiger partial charge in [0.1, 0.15) is 0 Å². The summed E-state index contributed by atoms with van der Waals surface area (Å²) in [6.07, 6.45) is 14.5. The summed E-state index contributed by atoms with van der Waals surface area (Å²) in [5.74, 6) is -0.662. The van der Waals surface area contributed by atoms with Gasteiger partial charge < -0.3 is 14.6 Å². The number of aliphatic hydroxyl groups is 1. The third kappa shape index (κ3) is 9.78. The zero-order chi connectivity index (χ0) is 24.4. The molecule has 0 aliphatic heterocycles. The van der Waals surface area contributed by atoms with Gasteiger partial charge in [0.15, 0.2) is 8.32 Å². The van der Waals surface area contributed by atoms with Gasteiger partial charge in [-0.3, -0.25) is 4.79 Å². The maximum atomic E-state index is 10.6. The summed E-state index contributed by atoms with van der Waals surface area (Å²) in [6.45, 7) is 16.1. The molecule has 0 unspecified atom stereocenters. The van der Waals surface area contributed by atoms with Crippen LogP contribution in [0.2, 0.25) is 18.1 Å². The van der Waals surface area contributed by atoms with Crippen molar-refractivity contribution in [1.29, 1.82) is 0 Å². The van der Waals surface area contributed by atoms with Gasteiger partial charge in [-0.1, -0.05) is 58.6 Å². The van der Waals surface area contributed by atoms with E-state index in [-0.39, 0.29) is 29.1 Å². The largest absolute Gasteiger partial charge is 0.481 e. The van der Waals surface area contributed by atoms with Crippen molar-refractivity contribution in [3.05, 3.63) is 29.5 Å². The number of carboxylic acid groups (broad SMARTS) is 1. The molecule has 0 radical (unpaired) electrons. The van der Waals surface area contributed by atoms with Crippen LogP contribution in [-0.4, -0.2) is 36.2 Å². The summed E-state index contributed by atoms with van der Waals surface area (Å²) in [7, 11) is -1.88. The molecule has 0 saturated heterocycles. The molecule has 3 atom stereocenters. The van der Waals surface area contributed by atoms with Crippen LogP contribution in [0, 0.1) is 5.92 Å². The van der Waals surface area contributed by atoms with Crippen LogP contribution in [0.4, 0.5) is 0 Å². The van der Waals surface area contributed by atoms with Crippen molar-refractivity contribution < 1.29 is 19.4 Å². The smallest absolute Gasteiger partial charge is 0.307 e. The molecule has 0 amide bonds. The molecule has 5 heteroatoms.